The minimum Gasteiger partial charge on any atom is -0.478 e. The van der Waals surface area contributed by atoms with Crippen LogP contribution in [0.25, 0.3) is 0 Å². The molecule has 1 aromatic rings. The molecule has 0 aliphatic heterocycles. The molecule has 1 aliphatic carbocycles. The number of hydrogen-bond acceptors (Lipinski definition) is 6. The zero-order valence-electron chi connectivity index (χ0n) is 11.1. The van der Waals surface area contributed by atoms with Gasteiger partial charge in [0.05, 0.1) is 12.2 Å². The Hall–Kier alpha value is -1.81. The molecule has 0 bridgehead atoms. The fraction of sp³-hybridized carbons (Fsp3) is 0.455. The van der Waals surface area contributed by atoms with Crippen molar-refractivity contribution in [1.82, 2.24) is 4.72 Å². The van der Waals surface area contributed by atoms with Gasteiger partial charge in [-0.3, -0.25) is 4.72 Å². The van der Waals surface area contributed by atoms with Crippen molar-refractivity contribution in [3.05, 3.63) is 16.0 Å². The lowest BCUT2D eigenvalue weighted by molar-refractivity contribution is 0.0697. The van der Waals surface area contributed by atoms with Gasteiger partial charge < -0.3 is 9.84 Å². The summed E-state index contributed by atoms with van der Waals surface area (Å²) >= 11 is 1.08. The van der Waals surface area contributed by atoms with E-state index >= 15 is 0 Å². The second kappa shape index (κ2) is 5.90. The summed E-state index contributed by atoms with van der Waals surface area (Å²) in [6.07, 6.45) is 1.08. The van der Waals surface area contributed by atoms with Crippen LogP contribution in [0.2, 0.25) is 0 Å². The normalized spacial score (nSPS) is 13.6. The van der Waals surface area contributed by atoms with E-state index in [0.717, 1.165) is 29.1 Å². The van der Waals surface area contributed by atoms with E-state index in [1.54, 1.807) is 4.72 Å². The first-order chi connectivity index (χ1) is 9.84. The van der Waals surface area contributed by atoms with Gasteiger partial charge in [-0.2, -0.15) is 8.42 Å². The number of aryl methyl sites for hydroxylation is 1. The number of thiophene rings is 1. The Balaban J connectivity index is 2.24. The van der Waals surface area contributed by atoms with Crippen molar-refractivity contribution in [1.29, 1.82) is 0 Å². The maximum Gasteiger partial charge on any atom is 0.422 e. The lowest BCUT2D eigenvalue weighted by atomic mass is 10.1. The molecule has 0 spiro atoms. The van der Waals surface area contributed by atoms with Crippen molar-refractivity contribution in [3.8, 4) is 0 Å². The molecule has 0 aromatic carbocycles. The molecule has 2 rings (SSSR count). The summed E-state index contributed by atoms with van der Waals surface area (Å²) < 4.78 is 31.8. The summed E-state index contributed by atoms with van der Waals surface area (Å²) in [6, 6.07) is 0. The Morgan fingerprint density at radius 3 is 2.71 bits per heavy atom. The fourth-order valence-electron chi connectivity index (χ4n) is 2.12. The third-order valence-corrected chi connectivity index (χ3v) is 5.10. The molecule has 1 amide bonds. The van der Waals surface area contributed by atoms with Crippen molar-refractivity contribution in [3.63, 3.8) is 0 Å². The molecule has 10 heteroatoms. The van der Waals surface area contributed by atoms with Crippen LogP contribution in [-0.4, -0.2) is 32.2 Å². The monoisotopic (exact) mass is 334 g/mol. The minimum atomic E-state index is -4.23. The van der Waals surface area contributed by atoms with Gasteiger partial charge in [-0.25, -0.2) is 14.3 Å². The molecule has 1 aliphatic rings. The first-order valence-corrected chi connectivity index (χ1v) is 8.49. The van der Waals surface area contributed by atoms with E-state index in [1.165, 1.54) is 6.92 Å². The predicted octanol–water partition coefficient (Wildman–Crippen LogP) is 1.34. The van der Waals surface area contributed by atoms with Gasteiger partial charge in [-0.05, 0) is 31.7 Å². The maximum absolute atomic E-state index is 11.8. The first kappa shape index (κ1) is 15.6. The molecule has 0 atom stereocenters. The summed E-state index contributed by atoms with van der Waals surface area (Å²) in [5.74, 6) is -1.19. The molecular weight excluding hydrogens is 320 g/mol. The van der Waals surface area contributed by atoms with Crippen LogP contribution in [0.4, 0.5) is 9.80 Å². The molecule has 0 saturated heterocycles. The number of rotatable bonds is 5. The molecule has 1 heterocycles. The number of anilines is 1. The standard InChI is InChI=1S/C11H14N2O6S2/c1-2-19-11(16)13-21(17,18)12-9-8(10(14)15)6-4-3-5-7(6)20-9/h12H,2-5H2,1H3,(H,13,16)(H,14,15). The number of carbonyl (C=O) groups is 2. The number of aromatic carboxylic acids is 1. The summed E-state index contributed by atoms with van der Waals surface area (Å²) in [4.78, 5) is 23.3. The van der Waals surface area contributed by atoms with E-state index in [0.29, 0.717) is 12.0 Å². The SMILES string of the molecule is CCOC(=O)NS(=O)(=O)Nc1sc2c(c1C(=O)O)CCC2. The average Bonchev–Trinajstić information content (AvgIpc) is 2.86. The van der Waals surface area contributed by atoms with Gasteiger partial charge in [-0.15, -0.1) is 11.3 Å². The van der Waals surface area contributed by atoms with Crippen LogP contribution in [0.5, 0.6) is 0 Å². The Bertz CT molecular complexity index is 679. The maximum atomic E-state index is 11.8. The van der Waals surface area contributed by atoms with Crippen LogP contribution < -0.4 is 9.44 Å². The van der Waals surface area contributed by atoms with Gasteiger partial charge in [-0.1, -0.05) is 0 Å². The van der Waals surface area contributed by atoms with Crippen molar-refractivity contribution < 1.29 is 27.9 Å². The van der Waals surface area contributed by atoms with Crippen LogP contribution in [0.3, 0.4) is 0 Å². The van der Waals surface area contributed by atoms with Gasteiger partial charge in [0, 0.05) is 4.88 Å². The number of fused-ring (bicyclic) bond motifs is 1. The van der Waals surface area contributed by atoms with E-state index in [9.17, 15) is 23.1 Å². The van der Waals surface area contributed by atoms with Gasteiger partial charge >= 0.3 is 22.3 Å². The largest absolute Gasteiger partial charge is 0.478 e. The summed E-state index contributed by atoms with van der Waals surface area (Å²) in [7, 11) is -4.23. The quantitative estimate of drug-likeness (QED) is 0.747. The first-order valence-electron chi connectivity index (χ1n) is 6.19. The fourth-order valence-corrected chi connectivity index (χ4v) is 4.42. The predicted molar refractivity (Wildman–Crippen MR) is 76.0 cm³/mol. The smallest absolute Gasteiger partial charge is 0.422 e. The number of nitrogens with one attached hydrogen (secondary N) is 2. The van der Waals surface area contributed by atoms with E-state index in [1.807, 2.05) is 0 Å². The molecule has 0 unspecified atom stereocenters. The van der Waals surface area contributed by atoms with Gasteiger partial charge in [0.2, 0.25) is 0 Å². The highest BCUT2D eigenvalue weighted by molar-refractivity contribution is 7.91. The van der Waals surface area contributed by atoms with Gasteiger partial charge in [0.1, 0.15) is 5.00 Å². The van der Waals surface area contributed by atoms with Crippen molar-refractivity contribution in [2.24, 2.45) is 0 Å². The Morgan fingerprint density at radius 2 is 2.10 bits per heavy atom. The van der Waals surface area contributed by atoms with Gasteiger partial charge in [0.25, 0.3) is 0 Å². The minimum absolute atomic E-state index is 0.00370. The number of hydrogen-bond donors (Lipinski definition) is 3. The number of amides is 1. The van der Waals surface area contributed by atoms with Crippen LogP contribution >= 0.6 is 11.3 Å². The van der Waals surface area contributed by atoms with Crippen molar-refractivity contribution in [2.45, 2.75) is 26.2 Å². The molecule has 1 aromatic heterocycles. The molecule has 8 nitrogen and oxygen atoms in total. The van der Waals surface area contributed by atoms with Crippen LogP contribution in [0.15, 0.2) is 0 Å². The Morgan fingerprint density at radius 1 is 1.38 bits per heavy atom. The Kier molecular flexibility index (Phi) is 4.37. The molecule has 21 heavy (non-hydrogen) atoms. The summed E-state index contributed by atoms with van der Waals surface area (Å²) in [5, 5.41) is 9.25. The lowest BCUT2D eigenvalue weighted by Gasteiger charge is -2.09. The average molecular weight is 334 g/mol. The van der Waals surface area contributed by atoms with E-state index in [-0.39, 0.29) is 17.2 Å². The number of carboxylic acid groups (broad SMARTS) is 1. The zero-order chi connectivity index (χ0) is 15.6. The second-order valence-corrected chi connectivity index (χ2v) is 6.81. The van der Waals surface area contributed by atoms with E-state index in [4.69, 9.17) is 0 Å². The second-order valence-electron chi connectivity index (χ2n) is 4.29. The lowest BCUT2D eigenvalue weighted by Crippen LogP contribution is -2.35. The number of ether oxygens (including phenoxy) is 1. The third kappa shape index (κ3) is 3.45. The Labute approximate surface area is 125 Å². The molecule has 0 saturated carbocycles. The molecule has 3 N–H and O–H groups in total. The van der Waals surface area contributed by atoms with Crippen LogP contribution in [-0.2, 0) is 27.8 Å². The topological polar surface area (TPSA) is 122 Å². The van der Waals surface area contributed by atoms with E-state index < -0.39 is 22.3 Å². The zero-order valence-corrected chi connectivity index (χ0v) is 12.8. The van der Waals surface area contributed by atoms with Crippen molar-refractivity contribution in [2.75, 3.05) is 11.3 Å². The highest BCUT2D eigenvalue weighted by atomic mass is 32.2. The highest BCUT2D eigenvalue weighted by Gasteiger charge is 2.28. The van der Waals surface area contributed by atoms with Crippen LogP contribution in [0, 0.1) is 0 Å². The summed E-state index contributed by atoms with van der Waals surface area (Å²) in [5.41, 5.74) is 0.628. The molecular formula is C11H14N2O6S2. The summed E-state index contributed by atoms with van der Waals surface area (Å²) in [6.45, 7) is 1.56. The number of carboxylic acids is 1. The van der Waals surface area contributed by atoms with E-state index in [2.05, 4.69) is 9.46 Å². The third-order valence-electron chi connectivity index (χ3n) is 2.86. The molecule has 0 radical (unpaired) electrons. The number of carbonyl (C=O) groups excluding carboxylic acids is 1. The van der Waals surface area contributed by atoms with Gasteiger partial charge in [0.15, 0.2) is 0 Å². The highest BCUT2D eigenvalue weighted by Crippen LogP contribution is 2.39. The molecule has 116 valence electrons. The van der Waals surface area contributed by atoms with Crippen LogP contribution in [0.1, 0.15) is 34.1 Å². The molecule has 0 fully saturated rings. The van der Waals surface area contributed by atoms with Crippen molar-refractivity contribution >= 4 is 38.6 Å².